The maximum absolute atomic E-state index is 12.8. The Bertz CT molecular complexity index is 914. The molecule has 4 rings (SSSR count). The summed E-state index contributed by atoms with van der Waals surface area (Å²) in [6.07, 6.45) is 11.1. The number of nitrogens with one attached hydrogen (secondary N) is 2. The van der Waals surface area contributed by atoms with Crippen LogP contribution in [0.1, 0.15) is 73.7 Å². The molecule has 33 heavy (non-hydrogen) atoms. The van der Waals surface area contributed by atoms with Gasteiger partial charge in [-0.2, -0.15) is 0 Å². The van der Waals surface area contributed by atoms with E-state index in [1.807, 2.05) is 42.5 Å². The quantitative estimate of drug-likeness (QED) is 0.554. The highest BCUT2D eigenvalue weighted by Crippen LogP contribution is 2.35. The molecule has 2 saturated carbocycles. The molecule has 0 unspecified atom stereocenters. The van der Waals surface area contributed by atoms with Gasteiger partial charge in [0.05, 0.1) is 6.42 Å². The smallest absolute Gasteiger partial charge is 0.255 e. The molecule has 176 valence electrons. The van der Waals surface area contributed by atoms with Crippen LogP contribution in [-0.2, 0) is 11.2 Å². The van der Waals surface area contributed by atoms with Crippen molar-refractivity contribution in [1.82, 2.24) is 5.32 Å². The molecule has 5 heteroatoms. The number of amides is 2. The Labute approximate surface area is 197 Å². The SMILES string of the molecule is NC1CCC(CC2CCC(NC(=O)Cc3ccccc3NC(=O)c3ccccc3)CC2)CC1. The molecule has 4 N–H and O–H groups in total. The Morgan fingerprint density at radius 1 is 0.788 bits per heavy atom. The van der Waals surface area contributed by atoms with E-state index < -0.39 is 0 Å². The number of carbonyl (C=O) groups excluding carboxylic acids is 2. The fourth-order valence-electron chi connectivity index (χ4n) is 5.47. The van der Waals surface area contributed by atoms with Gasteiger partial charge in [-0.1, -0.05) is 36.4 Å². The number of carbonyl (C=O) groups is 2. The van der Waals surface area contributed by atoms with Crippen LogP contribution in [0, 0.1) is 11.8 Å². The Kier molecular flexibility index (Phi) is 8.16. The first-order valence-corrected chi connectivity index (χ1v) is 12.6. The Morgan fingerprint density at radius 3 is 2.09 bits per heavy atom. The van der Waals surface area contributed by atoms with E-state index in [0.717, 1.165) is 30.2 Å². The fraction of sp³-hybridized carbons (Fsp3) is 0.500. The fourth-order valence-corrected chi connectivity index (χ4v) is 5.47. The molecule has 0 atom stereocenters. The highest BCUT2D eigenvalue weighted by molar-refractivity contribution is 6.04. The molecule has 2 aromatic carbocycles. The van der Waals surface area contributed by atoms with E-state index >= 15 is 0 Å². The van der Waals surface area contributed by atoms with Crippen LogP contribution in [0.2, 0.25) is 0 Å². The first-order chi connectivity index (χ1) is 16.1. The van der Waals surface area contributed by atoms with Crippen molar-refractivity contribution >= 4 is 17.5 Å². The van der Waals surface area contributed by atoms with Crippen molar-refractivity contribution in [2.75, 3.05) is 5.32 Å². The van der Waals surface area contributed by atoms with Crippen molar-refractivity contribution in [1.29, 1.82) is 0 Å². The van der Waals surface area contributed by atoms with E-state index in [9.17, 15) is 9.59 Å². The molecular weight excluding hydrogens is 410 g/mol. The van der Waals surface area contributed by atoms with Gasteiger partial charge in [-0.25, -0.2) is 0 Å². The highest BCUT2D eigenvalue weighted by atomic mass is 16.2. The summed E-state index contributed by atoms with van der Waals surface area (Å²) in [6, 6.07) is 17.4. The van der Waals surface area contributed by atoms with Crippen LogP contribution in [-0.4, -0.2) is 23.9 Å². The predicted octanol–water partition coefficient (Wildman–Crippen LogP) is 5.06. The molecule has 0 saturated heterocycles. The Hall–Kier alpha value is -2.66. The number of benzene rings is 2. The summed E-state index contributed by atoms with van der Waals surface area (Å²) in [6.45, 7) is 0. The highest BCUT2D eigenvalue weighted by Gasteiger charge is 2.27. The molecule has 0 aromatic heterocycles. The maximum Gasteiger partial charge on any atom is 0.255 e. The van der Waals surface area contributed by atoms with Crippen molar-refractivity contribution in [3.63, 3.8) is 0 Å². The second-order valence-electron chi connectivity index (χ2n) is 9.96. The van der Waals surface area contributed by atoms with Crippen molar-refractivity contribution < 1.29 is 9.59 Å². The number of nitrogens with two attached hydrogens (primary N) is 1. The molecule has 0 spiro atoms. The standard InChI is InChI=1S/C28H37N3O2/c29-24-14-10-20(11-15-24)18-21-12-16-25(17-13-21)30-27(32)19-23-8-4-5-9-26(23)31-28(33)22-6-2-1-3-7-22/h1-9,20-21,24-25H,10-19,29H2,(H,30,32)(H,31,33). The second-order valence-corrected chi connectivity index (χ2v) is 9.96. The largest absolute Gasteiger partial charge is 0.353 e. The van der Waals surface area contributed by atoms with Crippen LogP contribution in [0.4, 0.5) is 5.69 Å². The van der Waals surface area contributed by atoms with Crippen molar-refractivity contribution in [2.45, 2.75) is 76.3 Å². The van der Waals surface area contributed by atoms with Crippen LogP contribution >= 0.6 is 0 Å². The van der Waals surface area contributed by atoms with Crippen LogP contribution in [0.25, 0.3) is 0 Å². The van der Waals surface area contributed by atoms with Gasteiger partial charge in [0.1, 0.15) is 0 Å². The third kappa shape index (κ3) is 6.91. The minimum Gasteiger partial charge on any atom is -0.353 e. The van der Waals surface area contributed by atoms with E-state index in [-0.39, 0.29) is 24.3 Å². The van der Waals surface area contributed by atoms with Crippen LogP contribution in [0.3, 0.4) is 0 Å². The van der Waals surface area contributed by atoms with E-state index in [4.69, 9.17) is 5.73 Å². The van der Waals surface area contributed by atoms with Crippen LogP contribution in [0.15, 0.2) is 54.6 Å². The number of hydrogen-bond acceptors (Lipinski definition) is 3. The average molecular weight is 448 g/mol. The third-order valence-electron chi connectivity index (χ3n) is 7.42. The summed E-state index contributed by atoms with van der Waals surface area (Å²) in [5.74, 6) is 1.51. The summed E-state index contributed by atoms with van der Waals surface area (Å²) in [4.78, 5) is 25.3. The first-order valence-electron chi connectivity index (χ1n) is 12.6. The first kappa shape index (κ1) is 23.5. The topological polar surface area (TPSA) is 84.2 Å². The lowest BCUT2D eigenvalue weighted by atomic mass is 9.76. The lowest BCUT2D eigenvalue weighted by Gasteiger charge is -2.33. The summed E-state index contributed by atoms with van der Waals surface area (Å²) in [5, 5.41) is 6.20. The number of rotatable bonds is 7. The molecule has 2 aliphatic carbocycles. The Balaban J connectivity index is 1.24. The van der Waals surface area contributed by atoms with Crippen molar-refractivity contribution in [3.8, 4) is 0 Å². The van der Waals surface area contributed by atoms with E-state index in [1.165, 1.54) is 44.9 Å². The van der Waals surface area contributed by atoms with Gasteiger partial charge in [0.25, 0.3) is 5.91 Å². The Morgan fingerprint density at radius 2 is 1.39 bits per heavy atom. The lowest BCUT2D eigenvalue weighted by Crippen LogP contribution is -2.39. The molecule has 0 heterocycles. The zero-order chi connectivity index (χ0) is 23.0. The minimum absolute atomic E-state index is 0.0288. The normalized spacial score (nSPS) is 25.2. The molecular formula is C28H37N3O2. The van der Waals surface area contributed by atoms with Gasteiger partial charge in [-0.05, 0) is 93.4 Å². The van der Waals surface area contributed by atoms with E-state index in [1.54, 1.807) is 12.1 Å². The van der Waals surface area contributed by atoms with Gasteiger partial charge in [0.2, 0.25) is 5.91 Å². The van der Waals surface area contributed by atoms with E-state index in [0.29, 0.717) is 17.3 Å². The molecule has 0 radical (unpaired) electrons. The lowest BCUT2D eigenvalue weighted by molar-refractivity contribution is -0.121. The molecule has 5 nitrogen and oxygen atoms in total. The summed E-state index contributed by atoms with van der Waals surface area (Å²) >= 11 is 0. The molecule has 2 amide bonds. The molecule has 2 fully saturated rings. The monoisotopic (exact) mass is 447 g/mol. The van der Waals surface area contributed by atoms with Crippen LogP contribution < -0.4 is 16.4 Å². The second kappa shape index (κ2) is 11.5. The van der Waals surface area contributed by atoms with Gasteiger partial charge in [0.15, 0.2) is 0 Å². The van der Waals surface area contributed by atoms with E-state index in [2.05, 4.69) is 10.6 Å². The molecule has 2 aliphatic rings. The van der Waals surface area contributed by atoms with Crippen molar-refractivity contribution in [2.24, 2.45) is 17.6 Å². The molecule has 0 bridgehead atoms. The zero-order valence-electron chi connectivity index (χ0n) is 19.5. The minimum atomic E-state index is -0.165. The number of para-hydroxylation sites is 1. The van der Waals surface area contributed by atoms with Crippen molar-refractivity contribution in [3.05, 3.63) is 65.7 Å². The third-order valence-corrected chi connectivity index (χ3v) is 7.42. The summed E-state index contributed by atoms with van der Waals surface area (Å²) in [5.41, 5.74) is 8.18. The number of anilines is 1. The van der Waals surface area contributed by atoms with Gasteiger partial charge in [-0.15, -0.1) is 0 Å². The van der Waals surface area contributed by atoms with Crippen LogP contribution in [0.5, 0.6) is 0 Å². The average Bonchev–Trinajstić information content (AvgIpc) is 2.83. The van der Waals surface area contributed by atoms with Gasteiger partial charge in [0, 0.05) is 23.3 Å². The molecule has 2 aromatic rings. The number of hydrogen-bond donors (Lipinski definition) is 3. The maximum atomic E-state index is 12.8. The molecule has 0 aliphatic heterocycles. The van der Waals surface area contributed by atoms with Gasteiger partial charge in [-0.3, -0.25) is 9.59 Å². The summed E-state index contributed by atoms with van der Waals surface area (Å²) < 4.78 is 0. The predicted molar refractivity (Wildman–Crippen MR) is 133 cm³/mol. The zero-order valence-corrected chi connectivity index (χ0v) is 19.5. The summed E-state index contributed by atoms with van der Waals surface area (Å²) in [7, 11) is 0. The van der Waals surface area contributed by atoms with Gasteiger partial charge < -0.3 is 16.4 Å². The van der Waals surface area contributed by atoms with Gasteiger partial charge >= 0.3 is 0 Å².